The molecule has 0 bridgehead atoms. The van der Waals surface area contributed by atoms with Crippen LogP contribution >= 0.6 is 11.6 Å². The first kappa shape index (κ1) is 17.2. The summed E-state index contributed by atoms with van der Waals surface area (Å²) in [7, 11) is 0. The minimum absolute atomic E-state index is 0.187. The average molecular weight is 382 g/mol. The molecule has 0 radical (unpaired) electrons. The summed E-state index contributed by atoms with van der Waals surface area (Å²) in [5.41, 5.74) is 2.85. The van der Waals surface area contributed by atoms with Gasteiger partial charge in [0.1, 0.15) is 12.6 Å². The predicted molar refractivity (Wildman–Crippen MR) is 100.0 cm³/mol. The second-order valence-electron chi connectivity index (χ2n) is 6.13. The summed E-state index contributed by atoms with van der Waals surface area (Å²) in [5, 5.41) is 15.4. The van der Waals surface area contributed by atoms with Crippen LogP contribution in [0.25, 0.3) is 0 Å². The van der Waals surface area contributed by atoms with Gasteiger partial charge in [-0.2, -0.15) is 4.68 Å². The third-order valence-corrected chi connectivity index (χ3v) is 4.58. The van der Waals surface area contributed by atoms with E-state index in [-0.39, 0.29) is 6.61 Å². The van der Waals surface area contributed by atoms with E-state index in [0.29, 0.717) is 22.2 Å². The van der Waals surface area contributed by atoms with Crippen LogP contribution in [0.4, 0.5) is 5.95 Å². The van der Waals surface area contributed by atoms with E-state index in [4.69, 9.17) is 16.3 Å². The summed E-state index contributed by atoms with van der Waals surface area (Å²) in [6.45, 7) is 1.99. The van der Waals surface area contributed by atoms with Crippen molar-refractivity contribution in [1.82, 2.24) is 20.2 Å². The number of carbonyl (C=O) groups is 1. The number of hydrogen-bond acceptors (Lipinski definition) is 6. The van der Waals surface area contributed by atoms with Crippen LogP contribution in [0.15, 0.2) is 65.9 Å². The number of ether oxygens (including phenoxy) is 1. The SMILES string of the molecule is CC1=C(C(=O)OCc2ccccc2)C(c2ccc(Cl)cc2)n2nnnc2N1. The van der Waals surface area contributed by atoms with E-state index in [1.54, 1.807) is 23.7 Å². The third kappa shape index (κ3) is 3.41. The zero-order valence-corrected chi connectivity index (χ0v) is 15.2. The number of esters is 1. The first-order valence-electron chi connectivity index (χ1n) is 8.35. The molecule has 2 aromatic carbocycles. The van der Waals surface area contributed by atoms with E-state index in [0.717, 1.165) is 11.1 Å². The molecule has 0 spiro atoms. The number of aromatic nitrogens is 4. The zero-order chi connectivity index (χ0) is 18.8. The normalized spacial score (nSPS) is 15.9. The fourth-order valence-electron chi connectivity index (χ4n) is 3.03. The van der Waals surface area contributed by atoms with Crippen molar-refractivity contribution in [2.75, 3.05) is 5.32 Å². The monoisotopic (exact) mass is 381 g/mol. The maximum Gasteiger partial charge on any atom is 0.338 e. The highest BCUT2D eigenvalue weighted by Gasteiger charge is 2.34. The summed E-state index contributed by atoms with van der Waals surface area (Å²) in [5.74, 6) is 0.0389. The molecule has 136 valence electrons. The van der Waals surface area contributed by atoms with Crippen LogP contribution in [0.3, 0.4) is 0 Å². The van der Waals surface area contributed by atoms with Crippen molar-refractivity contribution in [2.24, 2.45) is 0 Å². The molecule has 0 amide bonds. The molecule has 1 unspecified atom stereocenters. The van der Waals surface area contributed by atoms with Gasteiger partial charge in [-0.1, -0.05) is 59.2 Å². The maximum absolute atomic E-state index is 12.9. The highest BCUT2D eigenvalue weighted by molar-refractivity contribution is 6.30. The van der Waals surface area contributed by atoms with Crippen LogP contribution in [0.5, 0.6) is 0 Å². The molecule has 4 rings (SSSR count). The number of nitrogens with zero attached hydrogens (tertiary/aromatic N) is 4. The number of tetrazole rings is 1. The Morgan fingerprint density at radius 3 is 2.67 bits per heavy atom. The molecular weight excluding hydrogens is 366 g/mol. The molecule has 3 aromatic rings. The first-order chi connectivity index (χ1) is 13.1. The van der Waals surface area contributed by atoms with Gasteiger partial charge in [0.25, 0.3) is 0 Å². The fraction of sp³-hybridized carbons (Fsp3) is 0.158. The molecule has 27 heavy (non-hydrogen) atoms. The maximum atomic E-state index is 12.9. The molecule has 0 aliphatic carbocycles. The molecule has 0 fully saturated rings. The van der Waals surface area contributed by atoms with E-state index in [1.807, 2.05) is 42.5 Å². The van der Waals surface area contributed by atoms with Crippen LogP contribution in [-0.2, 0) is 16.1 Å². The smallest absolute Gasteiger partial charge is 0.338 e. The Bertz CT molecular complexity index is 998. The number of hydrogen-bond donors (Lipinski definition) is 1. The van der Waals surface area contributed by atoms with Gasteiger partial charge in [-0.25, -0.2) is 4.79 Å². The number of anilines is 1. The Labute approximate surface area is 160 Å². The number of rotatable bonds is 4. The molecule has 2 heterocycles. The Balaban J connectivity index is 1.67. The molecule has 1 aliphatic heterocycles. The summed E-state index contributed by atoms with van der Waals surface area (Å²) >= 11 is 6.01. The average Bonchev–Trinajstić information content (AvgIpc) is 3.14. The van der Waals surface area contributed by atoms with E-state index in [2.05, 4.69) is 20.8 Å². The summed E-state index contributed by atoms with van der Waals surface area (Å²) in [6, 6.07) is 16.3. The lowest BCUT2D eigenvalue weighted by atomic mass is 9.96. The zero-order valence-electron chi connectivity index (χ0n) is 14.5. The second kappa shape index (κ2) is 7.20. The molecule has 1 atom stereocenters. The Morgan fingerprint density at radius 1 is 1.19 bits per heavy atom. The first-order valence-corrected chi connectivity index (χ1v) is 8.73. The van der Waals surface area contributed by atoms with Gasteiger partial charge in [-0.05, 0) is 40.6 Å². The van der Waals surface area contributed by atoms with Crippen molar-refractivity contribution >= 4 is 23.5 Å². The summed E-state index contributed by atoms with van der Waals surface area (Å²) in [6.07, 6.45) is 0. The van der Waals surface area contributed by atoms with Crippen molar-refractivity contribution < 1.29 is 9.53 Å². The number of halogens is 1. The van der Waals surface area contributed by atoms with Crippen molar-refractivity contribution in [2.45, 2.75) is 19.6 Å². The number of benzene rings is 2. The van der Waals surface area contributed by atoms with Crippen LogP contribution in [0, 0.1) is 0 Å². The van der Waals surface area contributed by atoms with Crippen molar-refractivity contribution in [3.05, 3.63) is 82.0 Å². The Hall–Kier alpha value is -3.19. The molecule has 8 heteroatoms. The molecular formula is C19H16ClN5O2. The lowest BCUT2D eigenvalue weighted by Crippen LogP contribution is -2.29. The Kier molecular flexibility index (Phi) is 4.60. The topological polar surface area (TPSA) is 81.9 Å². The van der Waals surface area contributed by atoms with Crippen LogP contribution in [-0.4, -0.2) is 26.2 Å². The van der Waals surface area contributed by atoms with Gasteiger partial charge in [0.15, 0.2) is 0 Å². The molecule has 0 saturated carbocycles. The predicted octanol–water partition coefficient (Wildman–Crippen LogP) is 3.36. The summed E-state index contributed by atoms with van der Waals surface area (Å²) < 4.78 is 7.13. The van der Waals surface area contributed by atoms with Gasteiger partial charge in [-0.3, -0.25) is 0 Å². The number of allylic oxidation sites excluding steroid dienone is 1. The highest BCUT2D eigenvalue weighted by atomic mass is 35.5. The molecule has 1 aliphatic rings. The van der Waals surface area contributed by atoms with Crippen molar-refractivity contribution in [3.63, 3.8) is 0 Å². The van der Waals surface area contributed by atoms with Gasteiger partial charge in [-0.15, -0.1) is 0 Å². The number of fused-ring (bicyclic) bond motifs is 1. The molecule has 0 saturated heterocycles. The largest absolute Gasteiger partial charge is 0.457 e. The van der Waals surface area contributed by atoms with E-state index < -0.39 is 12.0 Å². The Morgan fingerprint density at radius 2 is 1.93 bits per heavy atom. The van der Waals surface area contributed by atoms with E-state index in [1.165, 1.54) is 0 Å². The van der Waals surface area contributed by atoms with Gasteiger partial charge >= 0.3 is 5.97 Å². The van der Waals surface area contributed by atoms with Crippen LogP contribution < -0.4 is 5.32 Å². The lowest BCUT2D eigenvalue weighted by molar-refractivity contribution is -0.140. The quantitative estimate of drug-likeness (QED) is 0.698. The lowest BCUT2D eigenvalue weighted by Gasteiger charge is -2.27. The third-order valence-electron chi connectivity index (χ3n) is 4.33. The number of carbonyl (C=O) groups excluding carboxylic acids is 1. The second-order valence-corrected chi connectivity index (χ2v) is 6.56. The molecule has 1 N–H and O–H groups in total. The van der Waals surface area contributed by atoms with E-state index in [9.17, 15) is 4.79 Å². The van der Waals surface area contributed by atoms with Crippen molar-refractivity contribution in [3.8, 4) is 0 Å². The summed E-state index contributed by atoms with van der Waals surface area (Å²) in [4.78, 5) is 12.9. The highest BCUT2D eigenvalue weighted by Crippen LogP contribution is 2.35. The van der Waals surface area contributed by atoms with E-state index >= 15 is 0 Å². The van der Waals surface area contributed by atoms with Gasteiger partial charge in [0.05, 0.1) is 5.57 Å². The standard InChI is InChI=1S/C19H16ClN5O2/c1-12-16(18(26)27-11-13-5-3-2-4-6-13)17(14-7-9-15(20)10-8-14)25-19(21-12)22-23-24-25/h2-10,17H,11H2,1H3,(H,21,22,24). The number of nitrogens with one attached hydrogen (secondary N) is 1. The molecule has 7 nitrogen and oxygen atoms in total. The molecule has 1 aromatic heterocycles. The van der Waals surface area contributed by atoms with Crippen LogP contribution in [0.2, 0.25) is 5.02 Å². The van der Waals surface area contributed by atoms with Gasteiger partial charge in [0.2, 0.25) is 5.95 Å². The van der Waals surface area contributed by atoms with Gasteiger partial charge in [0, 0.05) is 10.7 Å². The fourth-order valence-corrected chi connectivity index (χ4v) is 3.16. The van der Waals surface area contributed by atoms with Crippen LogP contribution in [0.1, 0.15) is 24.1 Å². The van der Waals surface area contributed by atoms with Gasteiger partial charge < -0.3 is 10.1 Å². The minimum Gasteiger partial charge on any atom is -0.457 e. The van der Waals surface area contributed by atoms with Crippen molar-refractivity contribution in [1.29, 1.82) is 0 Å². The minimum atomic E-state index is -0.503.